The Bertz CT molecular complexity index is 805. The minimum atomic E-state index is -1.18. The van der Waals surface area contributed by atoms with Gasteiger partial charge in [-0.3, -0.25) is 10.1 Å². The highest BCUT2D eigenvalue weighted by Gasteiger charge is 2.10. The van der Waals surface area contributed by atoms with Gasteiger partial charge in [0.2, 0.25) is 0 Å². The van der Waals surface area contributed by atoms with Crippen LogP contribution in [0.1, 0.15) is 22.3 Å². The molecule has 1 heterocycles. The maximum Gasteiger partial charge on any atom is 0.409 e. The van der Waals surface area contributed by atoms with Gasteiger partial charge in [0.1, 0.15) is 0 Å². The number of anilines is 2. The Hall–Kier alpha value is -3.12. The van der Waals surface area contributed by atoms with Gasteiger partial charge in [-0.25, -0.2) is 4.79 Å². The number of benzene rings is 2. The van der Waals surface area contributed by atoms with Crippen LogP contribution in [0.4, 0.5) is 16.2 Å². The third-order valence-electron chi connectivity index (χ3n) is 3.94. The summed E-state index contributed by atoms with van der Waals surface area (Å²) in [6, 6.07) is 14.0. The van der Waals surface area contributed by atoms with Gasteiger partial charge in [0.05, 0.1) is 11.4 Å². The molecule has 4 N–H and O–H groups in total. The monoisotopic (exact) mass is 337 g/mol. The second kappa shape index (κ2) is 7.63. The Labute approximate surface area is 145 Å². The first-order valence-corrected chi connectivity index (χ1v) is 8.02. The third-order valence-corrected chi connectivity index (χ3v) is 3.94. The number of nitrogens with one attached hydrogen (secondary N) is 3. The molecular weight excluding hydrogens is 318 g/mol. The highest BCUT2D eigenvalue weighted by atomic mass is 16.4. The van der Waals surface area contributed by atoms with Gasteiger partial charge in [0, 0.05) is 12.1 Å². The highest BCUT2D eigenvalue weighted by molar-refractivity contribution is 6.06. The first kappa shape index (κ1) is 16.7. The zero-order chi connectivity index (χ0) is 17.6. The molecule has 1 fully saturated rings. The fourth-order valence-electron chi connectivity index (χ4n) is 2.69. The van der Waals surface area contributed by atoms with Crippen LogP contribution in [-0.2, 0) is 0 Å². The van der Waals surface area contributed by atoms with E-state index >= 15 is 0 Å². The largest absolute Gasteiger partial charge is 0.465 e. The van der Waals surface area contributed by atoms with E-state index in [1.165, 1.54) is 5.57 Å². The number of para-hydroxylation sites is 2. The first-order valence-electron chi connectivity index (χ1n) is 8.02. The lowest BCUT2D eigenvalue weighted by Crippen LogP contribution is -2.15. The molecule has 2 amide bonds. The summed E-state index contributed by atoms with van der Waals surface area (Å²) >= 11 is 0. The van der Waals surface area contributed by atoms with Gasteiger partial charge >= 0.3 is 6.09 Å². The van der Waals surface area contributed by atoms with Gasteiger partial charge < -0.3 is 15.7 Å². The molecule has 0 atom stereocenters. The van der Waals surface area contributed by atoms with Crippen LogP contribution in [0.15, 0.2) is 54.1 Å². The van der Waals surface area contributed by atoms with Crippen LogP contribution in [0.5, 0.6) is 0 Å². The zero-order valence-corrected chi connectivity index (χ0v) is 13.6. The van der Waals surface area contributed by atoms with Gasteiger partial charge in [-0.2, -0.15) is 0 Å². The molecular formula is C19H19N3O3. The Balaban J connectivity index is 1.71. The standard InChI is InChI=1S/C19H19N3O3/c23-18(21-16-3-1-2-4-17(16)22-19(24)25)15-7-5-13(6-8-15)11-14-9-10-20-12-14/h1-8,11,20,22H,9-10,12H2,(H,21,23)(H,24,25)/b14-11-. The Kier molecular flexibility index (Phi) is 5.11. The summed E-state index contributed by atoms with van der Waals surface area (Å²) in [7, 11) is 0. The van der Waals surface area contributed by atoms with E-state index in [4.69, 9.17) is 5.11 Å². The molecule has 1 aliphatic heterocycles. The molecule has 3 rings (SSSR count). The minimum Gasteiger partial charge on any atom is -0.465 e. The normalized spacial score (nSPS) is 15.1. The number of amides is 2. The third kappa shape index (κ3) is 4.45. The number of carboxylic acid groups (broad SMARTS) is 1. The molecule has 0 saturated carbocycles. The lowest BCUT2D eigenvalue weighted by molar-refractivity contribution is 0.102. The molecule has 2 aromatic carbocycles. The second-order valence-electron chi connectivity index (χ2n) is 5.78. The molecule has 1 saturated heterocycles. The molecule has 25 heavy (non-hydrogen) atoms. The number of hydrogen-bond acceptors (Lipinski definition) is 3. The zero-order valence-electron chi connectivity index (χ0n) is 13.6. The van der Waals surface area contributed by atoms with Crippen LogP contribution in [0, 0.1) is 0 Å². The molecule has 2 aromatic rings. The maximum atomic E-state index is 12.4. The molecule has 0 radical (unpaired) electrons. The predicted molar refractivity (Wildman–Crippen MR) is 97.9 cm³/mol. The summed E-state index contributed by atoms with van der Waals surface area (Å²) in [6.07, 6.45) is 2.00. The Morgan fingerprint density at radius 3 is 2.28 bits per heavy atom. The van der Waals surface area contributed by atoms with E-state index in [1.54, 1.807) is 36.4 Å². The topological polar surface area (TPSA) is 90.5 Å². The van der Waals surface area contributed by atoms with E-state index in [0.29, 0.717) is 16.9 Å². The van der Waals surface area contributed by atoms with Crippen molar-refractivity contribution >= 4 is 29.5 Å². The van der Waals surface area contributed by atoms with E-state index in [0.717, 1.165) is 25.1 Å². The Morgan fingerprint density at radius 1 is 1.00 bits per heavy atom. The lowest BCUT2D eigenvalue weighted by Gasteiger charge is -2.10. The summed E-state index contributed by atoms with van der Waals surface area (Å²) in [5.74, 6) is -0.290. The molecule has 1 aliphatic rings. The fourth-order valence-corrected chi connectivity index (χ4v) is 2.69. The van der Waals surface area contributed by atoms with E-state index in [9.17, 15) is 9.59 Å². The fraction of sp³-hybridized carbons (Fsp3) is 0.158. The van der Waals surface area contributed by atoms with Gasteiger partial charge in [-0.1, -0.05) is 35.9 Å². The summed E-state index contributed by atoms with van der Waals surface area (Å²) in [5.41, 5.74) is 3.67. The SMILES string of the molecule is O=C(O)Nc1ccccc1NC(=O)c1ccc(/C=C2/CCNC2)cc1. The van der Waals surface area contributed by atoms with Crippen LogP contribution >= 0.6 is 0 Å². The summed E-state index contributed by atoms with van der Waals surface area (Å²) < 4.78 is 0. The van der Waals surface area contributed by atoms with Crippen molar-refractivity contribution < 1.29 is 14.7 Å². The number of hydrogen-bond donors (Lipinski definition) is 4. The Morgan fingerprint density at radius 2 is 1.68 bits per heavy atom. The number of carbonyl (C=O) groups is 2. The van der Waals surface area contributed by atoms with Crippen molar-refractivity contribution in [2.24, 2.45) is 0 Å². The quantitative estimate of drug-likeness (QED) is 0.688. The van der Waals surface area contributed by atoms with E-state index < -0.39 is 6.09 Å². The minimum absolute atomic E-state index is 0.290. The lowest BCUT2D eigenvalue weighted by atomic mass is 10.1. The predicted octanol–water partition coefficient (Wildman–Crippen LogP) is 3.41. The van der Waals surface area contributed by atoms with Gasteiger partial charge in [-0.15, -0.1) is 0 Å². The van der Waals surface area contributed by atoms with E-state index in [2.05, 4.69) is 22.0 Å². The number of rotatable bonds is 4. The second-order valence-corrected chi connectivity index (χ2v) is 5.78. The summed E-state index contributed by atoms with van der Waals surface area (Å²) in [4.78, 5) is 23.2. The van der Waals surface area contributed by atoms with Crippen molar-refractivity contribution in [3.05, 3.63) is 65.2 Å². The van der Waals surface area contributed by atoms with Crippen LogP contribution in [-0.4, -0.2) is 30.2 Å². The molecule has 128 valence electrons. The molecule has 6 heteroatoms. The van der Waals surface area contributed by atoms with Gasteiger partial charge in [0.15, 0.2) is 0 Å². The molecule has 6 nitrogen and oxygen atoms in total. The summed E-state index contributed by atoms with van der Waals surface area (Å²) in [6.45, 7) is 1.92. The average Bonchev–Trinajstić information content (AvgIpc) is 3.10. The smallest absolute Gasteiger partial charge is 0.409 e. The highest BCUT2D eigenvalue weighted by Crippen LogP contribution is 2.22. The van der Waals surface area contributed by atoms with E-state index in [1.807, 2.05) is 12.1 Å². The van der Waals surface area contributed by atoms with Crippen LogP contribution < -0.4 is 16.0 Å². The summed E-state index contributed by atoms with van der Waals surface area (Å²) in [5, 5.41) is 17.1. The van der Waals surface area contributed by atoms with Crippen molar-refractivity contribution in [3.8, 4) is 0 Å². The number of carbonyl (C=O) groups excluding carboxylic acids is 1. The average molecular weight is 337 g/mol. The molecule has 0 aromatic heterocycles. The maximum absolute atomic E-state index is 12.4. The van der Waals surface area contributed by atoms with Crippen LogP contribution in [0.2, 0.25) is 0 Å². The van der Waals surface area contributed by atoms with Crippen molar-refractivity contribution in [1.82, 2.24) is 5.32 Å². The molecule has 0 bridgehead atoms. The van der Waals surface area contributed by atoms with Crippen molar-refractivity contribution in [3.63, 3.8) is 0 Å². The van der Waals surface area contributed by atoms with Crippen molar-refractivity contribution in [2.45, 2.75) is 6.42 Å². The molecule has 0 unspecified atom stereocenters. The first-order chi connectivity index (χ1) is 12.1. The molecule has 0 spiro atoms. The van der Waals surface area contributed by atoms with E-state index in [-0.39, 0.29) is 5.91 Å². The van der Waals surface area contributed by atoms with Gasteiger partial charge in [0.25, 0.3) is 5.91 Å². The van der Waals surface area contributed by atoms with Crippen molar-refractivity contribution in [2.75, 3.05) is 23.7 Å². The van der Waals surface area contributed by atoms with Crippen LogP contribution in [0.3, 0.4) is 0 Å². The van der Waals surface area contributed by atoms with Crippen molar-refractivity contribution in [1.29, 1.82) is 0 Å². The molecule has 0 aliphatic carbocycles. The van der Waals surface area contributed by atoms with Crippen LogP contribution in [0.25, 0.3) is 6.08 Å². The van der Waals surface area contributed by atoms with Gasteiger partial charge in [-0.05, 0) is 42.8 Å².